The van der Waals surface area contributed by atoms with Crippen molar-refractivity contribution in [2.24, 2.45) is 0 Å². The molecule has 0 unspecified atom stereocenters. The molecule has 0 amide bonds. The van der Waals surface area contributed by atoms with Crippen LogP contribution in [0.4, 0.5) is 17.1 Å². The summed E-state index contributed by atoms with van der Waals surface area (Å²) in [5.41, 5.74) is 8.76. The first-order valence-corrected chi connectivity index (χ1v) is 6.72. The van der Waals surface area contributed by atoms with E-state index in [1.165, 1.54) is 6.42 Å². The van der Waals surface area contributed by atoms with Crippen molar-refractivity contribution in [3.63, 3.8) is 0 Å². The third-order valence-electron chi connectivity index (χ3n) is 2.96. The Hall–Kier alpha value is -1.42. The van der Waals surface area contributed by atoms with E-state index >= 15 is 0 Å². The molecule has 4 heteroatoms. The van der Waals surface area contributed by atoms with Crippen molar-refractivity contribution >= 4 is 17.1 Å². The molecule has 1 aromatic rings. The van der Waals surface area contributed by atoms with Crippen LogP contribution in [0.25, 0.3) is 0 Å². The van der Waals surface area contributed by atoms with Gasteiger partial charge in [0.15, 0.2) is 0 Å². The zero-order chi connectivity index (χ0) is 13.4. The molecule has 102 valence electrons. The number of nitrogen functional groups attached to an aromatic ring is 1. The monoisotopic (exact) mass is 251 g/mol. The molecule has 0 fully saturated rings. The molecule has 0 aliphatic heterocycles. The van der Waals surface area contributed by atoms with Crippen LogP contribution < -0.4 is 16.0 Å². The summed E-state index contributed by atoms with van der Waals surface area (Å²) in [4.78, 5) is 2.15. The van der Waals surface area contributed by atoms with Crippen molar-refractivity contribution in [3.8, 4) is 0 Å². The molecule has 18 heavy (non-hydrogen) atoms. The van der Waals surface area contributed by atoms with E-state index in [0.717, 1.165) is 36.6 Å². The molecule has 0 atom stereocenters. The summed E-state index contributed by atoms with van der Waals surface area (Å²) >= 11 is 0. The Bertz CT molecular complexity index is 355. The predicted octanol–water partition coefficient (Wildman–Crippen LogP) is 2.30. The van der Waals surface area contributed by atoms with E-state index in [-0.39, 0.29) is 6.61 Å². The molecule has 0 radical (unpaired) electrons. The molecule has 0 spiro atoms. The summed E-state index contributed by atoms with van der Waals surface area (Å²) in [5.74, 6) is 0. The lowest BCUT2D eigenvalue weighted by molar-refractivity contribution is 0.302. The van der Waals surface area contributed by atoms with E-state index in [2.05, 4.69) is 24.1 Å². The Balaban J connectivity index is 2.86. The quantitative estimate of drug-likeness (QED) is 0.490. The largest absolute Gasteiger partial charge is 0.399 e. The highest BCUT2D eigenvalue weighted by molar-refractivity contribution is 5.74. The molecule has 0 saturated heterocycles. The lowest BCUT2D eigenvalue weighted by Crippen LogP contribution is -2.27. The summed E-state index contributed by atoms with van der Waals surface area (Å²) in [6.07, 6.45) is 2.30. The van der Waals surface area contributed by atoms with Crippen molar-refractivity contribution < 1.29 is 5.11 Å². The fourth-order valence-electron chi connectivity index (χ4n) is 1.94. The van der Waals surface area contributed by atoms with Gasteiger partial charge in [-0.2, -0.15) is 0 Å². The average Bonchev–Trinajstić information content (AvgIpc) is 2.37. The van der Waals surface area contributed by atoms with Gasteiger partial charge in [-0.15, -0.1) is 0 Å². The Morgan fingerprint density at radius 2 is 2.11 bits per heavy atom. The third-order valence-corrected chi connectivity index (χ3v) is 2.96. The lowest BCUT2D eigenvalue weighted by atomic mass is 10.2. The maximum Gasteiger partial charge on any atom is 0.0606 e. The highest BCUT2D eigenvalue weighted by Crippen LogP contribution is 2.28. The van der Waals surface area contributed by atoms with Crippen molar-refractivity contribution in [1.29, 1.82) is 0 Å². The van der Waals surface area contributed by atoms with E-state index in [1.54, 1.807) is 0 Å². The first-order valence-electron chi connectivity index (χ1n) is 6.72. The Labute approximate surface area is 110 Å². The molecule has 4 nitrogen and oxygen atoms in total. The van der Waals surface area contributed by atoms with Crippen LogP contribution in [0.3, 0.4) is 0 Å². The first kappa shape index (κ1) is 14.6. The minimum Gasteiger partial charge on any atom is -0.399 e. The van der Waals surface area contributed by atoms with Gasteiger partial charge in [0.2, 0.25) is 0 Å². The molecule has 0 saturated carbocycles. The first-order chi connectivity index (χ1) is 8.72. The number of unbranched alkanes of at least 4 members (excludes halogenated alkanes) is 1. The smallest absolute Gasteiger partial charge is 0.0606 e. The van der Waals surface area contributed by atoms with Gasteiger partial charge in [0, 0.05) is 25.3 Å². The van der Waals surface area contributed by atoms with E-state index < -0.39 is 0 Å². The van der Waals surface area contributed by atoms with Crippen LogP contribution in [0, 0.1) is 0 Å². The van der Waals surface area contributed by atoms with Gasteiger partial charge in [-0.25, -0.2) is 0 Å². The van der Waals surface area contributed by atoms with Crippen molar-refractivity contribution in [2.45, 2.75) is 26.7 Å². The number of hydrogen-bond donors (Lipinski definition) is 3. The maximum absolute atomic E-state index is 9.10. The molecule has 0 heterocycles. The van der Waals surface area contributed by atoms with Crippen LogP contribution in [-0.2, 0) is 0 Å². The SMILES string of the molecule is CCCCNc1cc(N)ccc1N(CC)CCO. The average molecular weight is 251 g/mol. The molecule has 1 aromatic carbocycles. The maximum atomic E-state index is 9.10. The van der Waals surface area contributed by atoms with Crippen LogP contribution in [0.15, 0.2) is 18.2 Å². The fraction of sp³-hybridized carbons (Fsp3) is 0.571. The molecule has 0 bridgehead atoms. The summed E-state index contributed by atoms with van der Waals surface area (Å²) < 4.78 is 0. The topological polar surface area (TPSA) is 61.5 Å². The number of likely N-dealkylation sites (N-methyl/N-ethyl adjacent to an activating group) is 1. The van der Waals surface area contributed by atoms with Gasteiger partial charge in [0.25, 0.3) is 0 Å². The Morgan fingerprint density at radius 3 is 2.72 bits per heavy atom. The minimum absolute atomic E-state index is 0.159. The molecule has 4 N–H and O–H groups in total. The number of rotatable bonds is 8. The normalized spacial score (nSPS) is 10.4. The molecule has 0 aliphatic rings. The number of aliphatic hydroxyl groups excluding tert-OH is 1. The Kier molecular flexibility index (Phi) is 6.36. The number of benzene rings is 1. The number of nitrogens with two attached hydrogens (primary N) is 1. The second kappa shape index (κ2) is 7.82. The van der Waals surface area contributed by atoms with Gasteiger partial charge in [-0.1, -0.05) is 13.3 Å². The van der Waals surface area contributed by atoms with Gasteiger partial charge in [0.1, 0.15) is 0 Å². The van der Waals surface area contributed by atoms with Gasteiger partial charge in [-0.3, -0.25) is 0 Å². The van der Waals surface area contributed by atoms with Crippen molar-refractivity contribution in [1.82, 2.24) is 0 Å². The van der Waals surface area contributed by atoms with E-state index in [4.69, 9.17) is 10.8 Å². The van der Waals surface area contributed by atoms with Crippen LogP contribution in [-0.4, -0.2) is 31.3 Å². The predicted molar refractivity (Wildman–Crippen MR) is 79.2 cm³/mol. The number of hydrogen-bond acceptors (Lipinski definition) is 4. The van der Waals surface area contributed by atoms with E-state index in [1.807, 2.05) is 18.2 Å². The summed E-state index contributed by atoms with van der Waals surface area (Å²) in [7, 11) is 0. The number of anilines is 3. The second-order valence-electron chi connectivity index (χ2n) is 4.36. The summed E-state index contributed by atoms with van der Waals surface area (Å²) in [5, 5.41) is 12.5. The highest BCUT2D eigenvalue weighted by Gasteiger charge is 2.09. The standard InChI is InChI=1S/C14H25N3O/c1-3-5-8-16-13-11-12(15)6-7-14(13)17(4-2)9-10-18/h6-7,11,16,18H,3-5,8-10,15H2,1-2H3. The fourth-order valence-corrected chi connectivity index (χ4v) is 1.94. The van der Waals surface area contributed by atoms with Crippen LogP contribution in [0.1, 0.15) is 26.7 Å². The number of nitrogens with one attached hydrogen (secondary N) is 1. The lowest BCUT2D eigenvalue weighted by Gasteiger charge is -2.25. The van der Waals surface area contributed by atoms with E-state index in [9.17, 15) is 0 Å². The van der Waals surface area contributed by atoms with Crippen LogP contribution >= 0.6 is 0 Å². The molecular weight excluding hydrogens is 226 g/mol. The van der Waals surface area contributed by atoms with Crippen LogP contribution in [0.5, 0.6) is 0 Å². The molecule has 0 aromatic heterocycles. The minimum atomic E-state index is 0.159. The summed E-state index contributed by atoms with van der Waals surface area (Å²) in [6.45, 7) is 6.87. The highest BCUT2D eigenvalue weighted by atomic mass is 16.3. The van der Waals surface area contributed by atoms with Gasteiger partial charge < -0.3 is 21.1 Å². The van der Waals surface area contributed by atoms with Crippen molar-refractivity contribution in [2.75, 3.05) is 42.2 Å². The van der Waals surface area contributed by atoms with Gasteiger partial charge >= 0.3 is 0 Å². The number of nitrogens with zero attached hydrogens (tertiary/aromatic N) is 1. The Morgan fingerprint density at radius 1 is 1.33 bits per heavy atom. The van der Waals surface area contributed by atoms with Gasteiger partial charge in [-0.05, 0) is 31.5 Å². The second-order valence-corrected chi connectivity index (χ2v) is 4.36. The zero-order valence-electron chi connectivity index (χ0n) is 11.4. The van der Waals surface area contributed by atoms with Crippen LogP contribution in [0.2, 0.25) is 0 Å². The van der Waals surface area contributed by atoms with E-state index in [0.29, 0.717) is 6.54 Å². The molecule has 0 aliphatic carbocycles. The van der Waals surface area contributed by atoms with Gasteiger partial charge in [0.05, 0.1) is 18.0 Å². The number of aliphatic hydroxyl groups is 1. The molecular formula is C14H25N3O. The zero-order valence-corrected chi connectivity index (χ0v) is 11.4. The third kappa shape index (κ3) is 4.11. The summed E-state index contributed by atoms with van der Waals surface area (Å²) in [6, 6.07) is 5.88. The molecule has 1 rings (SSSR count). The van der Waals surface area contributed by atoms with Crippen molar-refractivity contribution in [3.05, 3.63) is 18.2 Å².